The van der Waals surface area contributed by atoms with Gasteiger partial charge in [0, 0.05) is 9.13 Å². The van der Waals surface area contributed by atoms with Crippen LogP contribution in [0.3, 0.4) is 0 Å². The summed E-state index contributed by atoms with van der Waals surface area (Å²) in [5, 5.41) is 9.48. The van der Waals surface area contributed by atoms with Gasteiger partial charge in [0.25, 0.3) is 0 Å². The van der Waals surface area contributed by atoms with Crippen molar-refractivity contribution in [1.82, 2.24) is 0 Å². The normalized spacial score (nSPS) is 10.1. The van der Waals surface area contributed by atoms with E-state index in [-0.39, 0.29) is 0 Å². The molecular weight excluding hydrogens is 389 g/mol. The van der Waals surface area contributed by atoms with Crippen molar-refractivity contribution in [2.75, 3.05) is 0 Å². The fourth-order valence-corrected chi connectivity index (χ4v) is 2.34. The Morgan fingerprint density at radius 2 is 1.82 bits per heavy atom. The highest BCUT2D eigenvalue weighted by Gasteiger charge is 2.07. The van der Waals surface area contributed by atoms with E-state index in [1.54, 1.807) is 0 Å². The summed E-state index contributed by atoms with van der Waals surface area (Å²) in [6.45, 7) is 0. The molecule has 4 heteroatoms. The maximum absolute atomic E-state index is 9.48. The van der Waals surface area contributed by atoms with E-state index in [2.05, 4.69) is 45.2 Å². The molecule has 1 N–H and O–H groups in total. The van der Waals surface area contributed by atoms with Gasteiger partial charge >= 0.3 is 0 Å². The average molecular weight is 394 g/mol. The molecule has 0 amide bonds. The Bertz CT molecular complexity index is 275. The molecule has 0 fully saturated rings. The lowest BCUT2D eigenvalue weighted by Gasteiger charge is -2.04. The standard InChI is InChI=1S/C7H5ClI2O/c8-3-4-5(9)1-2-6(10)7(4)11/h1-2,11H,3H2. The van der Waals surface area contributed by atoms with E-state index in [1.807, 2.05) is 12.1 Å². The molecule has 1 rings (SSSR count). The Kier molecular flexibility index (Phi) is 3.70. The van der Waals surface area contributed by atoms with Gasteiger partial charge in [0.1, 0.15) is 5.75 Å². The number of phenolic OH excluding ortho intramolecular Hbond substituents is 1. The first kappa shape index (κ1) is 9.85. The van der Waals surface area contributed by atoms with Gasteiger partial charge in [-0.15, -0.1) is 11.6 Å². The van der Waals surface area contributed by atoms with Crippen LogP contribution in [0, 0.1) is 7.14 Å². The molecule has 0 bridgehead atoms. The Morgan fingerprint density at radius 1 is 1.27 bits per heavy atom. The molecule has 60 valence electrons. The van der Waals surface area contributed by atoms with Gasteiger partial charge in [-0.2, -0.15) is 0 Å². The van der Waals surface area contributed by atoms with E-state index in [4.69, 9.17) is 11.6 Å². The molecule has 0 atom stereocenters. The molecule has 0 saturated heterocycles. The molecule has 1 aromatic rings. The SMILES string of the molecule is Oc1c(I)ccc(I)c1CCl. The number of alkyl halides is 1. The number of halogens is 3. The summed E-state index contributed by atoms with van der Waals surface area (Å²) < 4.78 is 1.86. The zero-order valence-corrected chi connectivity index (χ0v) is 10.5. The largest absolute Gasteiger partial charge is 0.506 e. The van der Waals surface area contributed by atoms with Crippen molar-refractivity contribution in [3.05, 3.63) is 24.8 Å². The zero-order valence-electron chi connectivity index (χ0n) is 5.44. The lowest BCUT2D eigenvalue weighted by atomic mass is 10.2. The van der Waals surface area contributed by atoms with E-state index >= 15 is 0 Å². The summed E-state index contributed by atoms with van der Waals surface area (Å²) >= 11 is 9.87. The van der Waals surface area contributed by atoms with Crippen molar-refractivity contribution in [3.63, 3.8) is 0 Å². The highest BCUT2D eigenvalue weighted by atomic mass is 127. The Morgan fingerprint density at radius 3 is 2.27 bits per heavy atom. The first-order chi connectivity index (χ1) is 5.16. The summed E-state index contributed by atoms with van der Waals surface area (Å²) in [6.07, 6.45) is 0. The molecule has 0 heterocycles. The van der Waals surface area contributed by atoms with Crippen LogP contribution < -0.4 is 0 Å². The summed E-state index contributed by atoms with van der Waals surface area (Å²) in [7, 11) is 0. The molecular formula is C7H5ClI2O. The van der Waals surface area contributed by atoms with Crippen LogP contribution in [0.4, 0.5) is 0 Å². The highest BCUT2D eigenvalue weighted by Crippen LogP contribution is 2.29. The molecule has 0 unspecified atom stereocenters. The van der Waals surface area contributed by atoms with E-state index in [1.165, 1.54) is 0 Å². The summed E-state index contributed by atoms with van der Waals surface area (Å²) in [4.78, 5) is 0. The minimum atomic E-state index is 0.313. The molecule has 0 aliphatic heterocycles. The third kappa shape index (κ3) is 2.12. The van der Waals surface area contributed by atoms with Crippen LogP contribution in [0.2, 0.25) is 0 Å². The summed E-state index contributed by atoms with van der Waals surface area (Å²) in [5.74, 6) is 0.675. The number of aromatic hydroxyl groups is 1. The molecule has 0 radical (unpaired) electrons. The second kappa shape index (κ2) is 4.13. The molecule has 0 spiro atoms. The minimum absolute atomic E-state index is 0.313. The van der Waals surface area contributed by atoms with Crippen molar-refractivity contribution < 1.29 is 5.11 Å². The predicted octanol–water partition coefficient (Wildman–Crippen LogP) is 3.34. The van der Waals surface area contributed by atoms with Crippen molar-refractivity contribution in [2.24, 2.45) is 0 Å². The van der Waals surface area contributed by atoms with Gasteiger partial charge in [-0.1, -0.05) is 0 Å². The van der Waals surface area contributed by atoms with Crippen molar-refractivity contribution in [2.45, 2.75) is 5.88 Å². The molecule has 0 aliphatic carbocycles. The summed E-state index contributed by atoms with van der Waals surface area (Å²) in [5.41, 5.74) is 0.819. The average Bonchev–Trinajstić information content (AvgIpc) is 1.99. The molecule has 0 aromatic heterocycles. The van der Waals surface area contributed by atoms with Gasteiger partial charge in [-0.25, -0.2) is 0 Å². The first-order valence-corrected chi connectivity index (χ1v) is 5.58. The van der Waals surface area contributed by atoms with E-state index in [0.29, 0.717) is 11.6 Å². The molecule has 0 aliphatic rings. The fourth-order valence-electron chi connectivity index (χ4n) is 0.710. The van der Waals surface area contributed by atoms with Gasteiger partial charge in [0.05, 0.1) is 9.45 Å². The van der Waals surface area contributed by atoms with Gasteiger partial charge < -0.3 is 5.11 Å². The number of benzene rings is 1. The van der Waals surface area contributed by atoms with Crippen LogP contribution in [-0.4, -0.2) is 5.11 Å². The van der Waals surface area contributed by atoms with Crippen LogP contribution >= 0.6 is 56.8 Å². The third-order valence-electron chi connectivity index (χ3n) is 1.31. The van der Waals surface area contributed by atoms with Gasteiger partial charge in [0.2, 0.25) is 0 Å². The maximum atomic E-state index is 9.48. The second-order valence-corrected chi connectivity index (χ2v) is 4.58. The van der Waals surface area contributed by atoms with Crippen molar-refractivity contribution in [1.29, 1.82) is 0 Å². The lowest BCUT2D eigenvalue weighted by Crippen LogP contribution is -1.87. The maximum Gasteiger partial charge on any atom is 0.134 e. The zero-order chi connectivity index (χ0) is 8.43. The number of rotatable bonds is 1. The smallest absolute Gasteiger partial charge is 0.134 e. The van der Waals surface area contributed by atoms with E-state index in [0.717, 1.165) is 12.7 Å². The van der Waals surface area contributed by atoms with Gasteiger partial charge in [-0.05, 0) is 57.3 Å². The minimum Gasteiger partial charge on any atom is -0.506 e. The molecule has 1 aromatic carbocycles. The highest BCUT2D eigenvalue weighted by molar-refractivity contribution is 14.1. The van der Waals surface area contributed by atoms with Gasteiger partial charge in [0.15, 0.2) is 0 Å². The van der Waals surface area contributed by atoms with Crippen LogP contribution in [0.15, 0.2) is 12.1 Å². The number of hydrogen-bond donors (Lipinski definition) is 1. The Hall–Kier alpha value is 0.770. The summed E-state index contributed by atoms with van der Waals surface area (Å²) in [6, 6.07) is 3.81. The van der Waals surface area contributed by atoms with Crippen molar-refractivity contribution >= 4 is 56.8 Å². The third-order valence-corrected chi connectivity index (χ3v) is 3.46. The molecule has 11 heavy (non-hydrogen) atoms. The monoisotopic (exact) mass is 394 g/mol. The topological polar surface area (TPSA) is 20.2 Å². The second-order valence-electron chi connectivity index (χ2n) is 1.99. The Balaban J connectivity index is 3.29. The molecule has 0 saturated carbocycles. The van der Waals surface area contributed by atoms with Crippen LogP contribution in [0.5, 0.6) is 5.75 Å². The number of phenols is 1. The van der Waals surface area contributed by atoms with E-state index in [9.17, 15) is 5.11 Å². The van der Waals surface area contributed by atoms with E-state index < -0.39 is 0 Å². The lowest BCUT2D eigenvalue weighted by molar-refractivity contribution is 0.466. The Labute approximate surface area is 97.4 Å². The van der Waals surface area contributed by atoms with Crippen LogP contribution in [0.1, 0.15) is 5.56 Å². The van der Waals surface area contributed by atoms with Gasteiger partial charge in [-0.3, -0.25) is 0 Å². The number of hydrogen-bond acceptors (Lipinski definition) is 1. The molecule has 1 nitrogen and oxygen atoms in total. The van der Waals surface area contributed by atoms with Crippen LogP contribution in [-0.2, 0) is 5.88 Å². The van der Waals surface area contributed by atoms with Crippen LogP contribution in [0.25, 0.3) is 0 Å². The fraction of sp³-hybridized carbons (Fsp3) is 0.143. The van der Waals surface area contributed by atoms with Crippen molar-refractivity contribution in [3.8, 4) is 5.75 Å². The quantitative estimate of drug-likeness (QED) is 0.572. The predicted molar refractivity (Wildman–Crippen MR) is 63.1 cm³/mol. The first-order valence-electron chi connectivity index (χ1n) is 2.88.